The van der Waals surface area contributed by atoms with Gasteiger partial charge < -0.3 is 9.47 Å². The van der Waals surface area contributed by atoms with E-state index in [9.17, 15) is 9.59 Å². The van der Waals surface area contributed by atoms with Crippen LogP contribution in [0.2, 0.25) is 0 Å². The number of rotatable bonds is 7. The number of esters is 2. The first-order valence-corrected chi connectivity index (χ1v) is 9.25. The highest BCUT2D eigenvalue weighted by Gasteiger charge is 2.11. The maximum Gasteiger partial charge on any atom is 0.338 e. The van der Waals surface area contributed by atoms with Gasteiger partial charge in [-0.2, -0.15) is 0 Å². The Morgan fingerprint density at radius 3 is 2.32 bits per heavy atom. The van der Waals surface area contributed by atoms with Crippen molar-refractivity contribution in [1.29, 1.82) is 0 Å². The maximum absolute atomic E-state index is 11.7. The summed E-state index contributed by atoms with van der Waals surface area (Å²) < 4.78 is 10.2. The lowest BCUT2D eigenvalue weighted by molar-refractivity contribution is -0.137. The highest BCUT2D eigenvalue weighted by atomic mass is 33.1. The van der Waals surface area contributed by atoms with Crippen LogP contribution >= 0.6 is 21.6 Å². The monoisotopic (exact) mass is 336 g/mol. The van der Waals surface area contributed by atoms with Crippen molar-refractivity contribution in [2.45, 2.75) is 12.8 Å². The van der Waals surface area contributed by atoms with Gasteiger partial charge in [0.15, 0.2) is 0 Å². The lowest BCUT2D eigenvalue weighted by Crippen LogP contribution is -2.08. The molecule has 0 fully saturated rings. The number of allylic oxidation sites excluding steroid dienone is 3. The Morgan fingerprint density at radius 2 is 1.68 bits per heavy atom. The summed E-state index contributed by atoms with van der Waals surface area (Å²) >= 11 is 0. The van der Waals surface area contributed by atoms with Gasteiger partial charge in [-0.25, -0.2) is 9.59 Å². The largest absolute Gasteiger partial charge is 0.450 e. The zero-order valence-corrected chi connectivity index (χ0v) is 13.5. The molecule has 0 atom stereocenters. The Hall–Kier alpha value is -1.66. The highest BCUT2D eigenvalue weighted by molar-refractivity contribution is 8.76. The van der Waals surface area contributed by atoms with Crippen LogP contribution < -0.4 is 0 Å². The third-order valence-electron chi connectivity index (χ3n) is 2.85. The fourth-order valence-electron chi connectivity index (χ4n) is 1.75. The average Bonchev–Trinajstić information content (AvgIpc) is 2.59. The molecule has 1 aromatic carbocycles. The van der Waals surface area contributed by atoms with E-state index in [0.717, 1.165) is 12.8 Å². The summed E-state index contributed by atoms with van der Waals surface area (Å²) in [7, 11) is 2.66. The molecule has 0 spiro atoms. The molecule has 0 heterocycles. The molecule has 116 valence electrons. The SMILES string of the molecule is O=C(OCSSCOC(=O)c1ccccc1)C1=CC=CCC1. The van der Waals surface area contributed by atoms with Crippen LogP contribution in [0.5, 0.6) is 0 Å². The first kappa shape index (κ1) is 16.7. The minimum absolute atomic E-state index is 0.210. The molecule has 0 aliphatic heterocycles. The summed E-state index contributed by atoms with van der Waals surface area (Å²) in [6.07, 6.45) is 7.26. The minimum Gasteiger partial charge on any atom is -0.450 e. The van der Waals surface area contributed by atoms with Crippen LogP contribution in [0.4, 0.5) is 0 Å². The molecule has 0 unspecified atom stereocenters. The summed E-state index contributed by atoms with van der Waals surface area (Å²) in [6.45, 7) is 0. The van der Waals surface area contributed by atoms with Crippen molar-refractivity contribution in [3.05, 3.63) is 59.7 Å². The number of carbonyl (C=O) groups is 2. The van der Waals surface area contributed by atoms with Crippen molar-refractivity contribution in [3.63, 3.8) is 0 Å². The molecule has 0 saturated heterocycles. The van der Waals surface area contributed by atoms with Crippen molar-refractivity contribution < 1.29 is 19.1 Å². The van der Waals surface area contributed by atoms with Crippen molar-refractivity contribution in [2.24, 2.45) is 0 Å². The van der Waals surface area contributed by atoms with Crippen molar-refractivity contribution in [3.8, 4) is 0 Å². The average molecular weight is 336 g/mol. The van der Waals surface area contributed by atoms with Crippen molar-refractivity contribution in [2.75, 3.05) is 11.9 Å². The second-order valence-electron chi connectivity index (χ2n) is 4.36. The van der Waals surface area contributed by atoms with E-state index in [0.29, 0.717) is 11.1 Å². The molecule has 2 rings (SSSR count). The van der Waals surface area contributed by atoms with Gasteiger partial charge in [-0.3, -0.25) is 0 Å². The summed E-state index contributed by atoms with van der Waals surface area (Å²) in [5.74, 6) is -0.196. The smallest absolute Gasteiger partial charge is 0.338 e. The van der Waals surface area contributed by atoms with E-state index in [1.54, 1.807) is 30.3 Å². The van der Waals surface area contributed by atoms with E-state index >= 15 is 0 Å². The summed E-state index contributed by atoms with van der Waals surface area (Å²) in [4.78, 5) is 23.3. The number of hydrogen-bond donors (Lipinski definition) is 0. The van der Waals surface area contributed by atoms with Gasteiger partial charge >= 0.3 is 11.9 Å². The van der Waals surface area contributed by atoms with Crippen LogP contribution in [0.3, 0.4) is 0 Å². The third-order valence-corrected chi connectivity index (χ3v) is 4.52. The van der Waals surface area contributed by atoms with Crippen molar-refractivity contribution >= 4 is 33.5 Å². The van der Waals surface area contributed by atoms with Crippen LogP contribution in [0.15, 0.2) is 54.1 Å². The molecule has 0 aromatic heterocycles. The van der Waals surface area contributed by atoms with E-state index in [4.69, 9.17) is 9.47 Å². The van der Waals surface area contributed by atoms with E-state index < -0.39 is 0 Å². The Labute approximate surface area is 137 Å². The lowest BCUT2D eigenvalue weighted by atomic mass is 10.1. The van der Waals surface area contributed by atoms with Crippen LogP contribution in [-0.4, -0.2) is 23.8 Å². The van der Waals surface area contributed by atoms with Gasteiger partial charge in [0.2, 0.25) is 0 Å². The topological polar surface area (TPSA) is 52.6 Å². The lowest BCUT2D eigenvalue weighted by Gasteiger charge is -2.08. The Bertz CT molecular complexity index is 567. The molecule has 0 N–H and O–H groups in total. The van der Waals surface area contributed by atoms with Crippen LogP contribution in [0.25, 0.3) is 0 Å². The standard InChI is InChI=1S/C16H16O4S2/c17-15(13-7-3-1-4-8-13)19-11-21-22-12-20-16(18)14-9-5-2-6-10-14/h1-5,7-9H,6,10-12H2. The normalized spacial score (nSPS) is 13.4. The zero-order valence-electron chi connectivity index (χ0n) is 11.9. The van der Waals surface area contributed by atoms with Gasteiger partial charge in [0.1, 0.15) is 11.9 Å². The fourth-order valence-corrected chi connectivity index (χ4v) is 2.89. The minimum atomic E-state index is -0.357. The molecule has 0 amide bonds. The first-order chi connectivity index (χ1) is 10.8. The Kier molecular flexibility index (Phi) is 7.12. The molecular formula is C16H16O4S2. The van der Waals surface area contributed by atoms with E-state index in [1.807, 2.05) is 18.2 Å². The van der Waals surface area contributed by atoms with Gasteiger partial charge in [-0.15, -0.1) is 0 Å². The van der Waals surface area contributed by atoms with Gasteiger partial charge in [-0.1, -0.05) is 36.4 Å². The molecule has 4 nitrogen and oxygen atoms in total. The number of carbonyl (C=O) groups excluding carboxylic acids is 2. The molecule has 6 heteroatoms. The summed E-state index contributed by atoms with van der Waals surface area (Å²) in [5, 5.41) is 0. The molecular weight excluding hydrogens is 320 g/mol. The van der Waals surface area contributed by atoms with E-state index in [1.165, 1.54) is 21.6 Å². The molecule has 1 aliphatic rings. The van der Waals surface area contributed by atoms with Crippen molar-refractivity contribution in [1.82, 2.24) is 0 Å². The summed E-state index contributed by atoms with van der Waals surface area (Å²) in [6, 6.07) is 8.82. The quantitative estimate of drug-likeness (QED) is 0.325. The van der Waals surface area contributed by atoms with E-state index in [-0.39, 0.29) is 23.8 Å². The van der Waals surface area contributed by atoms with Crippen LogP contribution in [0, 0.1) is 0 Å². The molecule has 1 aliphatic carbocycles. The second kappa shape index (κ2) is 9.38. The molecule has 0 radical (unpaired) electrons. The maximum atomic E-state index is 11.7. The fraction of sp³-hybridized carbons (Fsp3) is 0.250. The van der Waals surface area contributed by atoms with E-state index in [2.05, 4.69) is 0 Å². The predicted octanol–water partition coefficient (Wildman–Crippen LogP) is 3.96. The van der Waals surface area contributed by atoms with Gasteiger partial charge in [0, 0.05) is 5.57 Å². The second-order valence-corrected chi connectivity index (χ2v) is 6.72. The van der Waals surface area contributed by atoms with Crippen LogP contribution in [0.1, 0.15) is 23.2 Å². The predicted molar refractivity (Wildman–Crippen MR) is 89.3 cm³/mol. The third kappa shape index (κ3) is 5.61. The molecule has 0 bridgehead atoms. The number of ether oxygens (including phenoxy) is 2. The highest BCUT2D eigenvalue weighted by Crippen LogP contribution is 2.23. The number of hydrogen-bond acceptors (Lipinski definition) is 6. The molecule has 1 aromatic rings. The molecule has 0 saturated carbocycles. The Morgan fingerprint density at radius 1 is 1.00 bits per heavy atom. The Balaban J connectivity index is 1.56. The first-order valence-electron chi connectivity index (χ1n) is 6.77. The van der Waals surface area contributed by atoms with Gasteiger partial charge in [0.05, 0.1) is 5.56 Å². The summed E-state index contributed by atoms with van der Waals surface area (Å²) in [5.41, 5.74) is 1.22. The van der Waals surface area contributed by atoms with Gasteiger partial charge in [0.25, 0.3) is 0 Å². The molecule has 22 heavy (non-hydrogen) atoms. The zero-order chi connectivity index (χ0) is 15.6. The number of benzene rings is 1. The van der Waals surface area contributed by atoms with Gasteiger partial charge in [-0.05, 0) is 46.6 Å². The van der Waals surface area contributed by atoms with Crippen LogP contribution in [-0.2, 0) is 14.3 Å².